The Hall–Kier alpha value is -3.35. The third-order valence-electron chi connectivity index (χ3n) is 4.74. The molecule has 1 atom stereocenters. The van der Waals surface area contributed by atoms with E-state index in [1.54, 1.807) is 4.57 Å². The largest absolute Gasteiger partial charge is 0.345 e. The summed E-state index contributed by atoms with van der Waals surface area (Å²) in [6.07, 6.45) is 0. The summed E-state index contributed by atoms with van der Waals surface area (Å²) < 4.78 is 3.19. The first kappa shape index (κ1) is 17.1. The van der Waals surface area contributed by atoms with Crippen LogP contribution in [0.15, 0.2) is 53.3 Å². The number of aromatic nitrogens is 4. The highest BCUT2D eigenvalue weighted by Gasteiger charge is 2.17. The van der Waals surface area contributed by atoms with Gasteiger partial charge in [0.25, 0.3) is 0 Å². The minimum absolute atomic E-state index is 0.0308. The van der Waals surface area contributed by atoms with Crippen LogP contribution >= 0.6 is 0 Å². The maximum absolute atomic E-state index is 12.7. The minimum Gasteiger partial charge on any atom is -0.345 e. The van der Waals surface area contributed by atoms with E-state index in [1.165, 1.54) is 4.57 Å². The van der Waals surface area contributed by atoms with Crippen LogP contribution in [-0.4, -0.2) is 25.0 Å². The average Bonchev–Trinajstić information content (AvgIpc) is 3.21. The molecule has 0 unspecified atom stereocenters. The fourth-order valence-electron chi connectivity index (χ4n) is 3.41. The van der Waals surface area contributed by atoms with E-state index in [0.29, 0.717) is 12.4 Å². The molecule has 0 saturated heterocycles. The van der Waals surface area contributed by atoms with Crippen LogP contribution in [0.3, 0.4) is 0 Å². The molecule has 138 valence electrons. The topological polar surface area (TPSA) is 84.7 Å². The second-order valence-corrected chi connectivity index (χ2v) is 6.53. The zero-order valence-electron chi connectivity index (χ0n) is 15.3. The molecular formula is C20H21N5O2. The Morgan fingerprint density at radius 1 is 1.11 bits per heavy atom. The van der Waals surface area contributed by atoms with Gasteiger partial charge in [-0.05, 0) is 38.1 Å². The Morgan fingerprint density at radius 2 is 1.78 bits per heavy atom. The van der Waals surface area contributed by atoms with Crippen molar-refractivity contribution >= 4 is 28.0 Å². The van der Waals surface area contributed by atoms with Gasteiger partial charge in [-0.15, -0.1) is 0 Å². The smallest absolute Gasteiger partial charge is 0.329 e. The minimum atomic E-state index is -0.292. The molecule has 7 nitrogen and oxygen atoms in total. The van der Waals surface area contributed by atoms with E-state index in [4.69, 9.17) is 0 Å². The van der Waals surface area contributed by atoms with Crippen LogP contribution in [0.2, 0.25) is 0 Å². The van der Waals surface area contributed by atoms with Crippen molar-refractivity contribution in [1.82, 2.24) is 24.4 Å². The standard InChI is InChI=1S/C20H21N5O2/c1-3-24-16-10-6-7-11-17(16)25(20(24)27)12-18(26)21-13(2)19-22-14-8-4-5-9-15(14)23-19/h4-11,13H,3,12H2,1-2H3,(H,21,26)(H,22,23)/t13-/m0/s1. The number of aromatic amines is 1. The van der Waals surface area contributed by atoms with Gasteiger partial charge in [0.05, 0.1) is 28.1 Å². The fraction of sp³-hybridized carbons (Fsp3) is 0.250. The van der Waals surface area contributed by atoms with Crippen molar-refractivity contribution in [2.45, 2.75) is 33.0 Å². The lowest BCUT2D eigenvalue weighted by Gasteiger charge is -2.12. The van der Waals surface area contributed by atoms with Crippen LogP contribution in [0.4, 0.5) is 0 Å². The first-order chi connectivity index (χ1) is 13.1. The number of H-pyrrole nitrogens is 1. The van der Waals surface area contributed by atoms with Gasteiger partial charge < -0.3 is 10.3 Å². The molecule has 0 aliphatic carbocycles. The maximum Gasteiger partial charge on any atom is 0.329 e. The van der Waals surface area contributed by atoms with Gasteiger partial charge in [0.1, 0.15) is 12.4 Å². The number of carbonyl (C=O) groups is 1. The number of carbonyl (C=O) groups excluding carboxylic acids is 1. The quantitative estimate of drug-likeness (QED) is 0.571. The molecule has 2 N–H and O–H groups in total. The molecule has 7 heteroatoms. The SMILES string of the molecule is CCn1c(=O)n(CC(=O)N[C@@H](C)c2nc3ccccc3[nH]2)c2ccccc21. The fourth-order valence-corrected chi connectivity index (χ4v) is 3.41. The average molecular weight is 363 g/mol. The number of nitrogens with one attached hydrogen (secondary N) is 2. The molecule has 0 radical (unpaired) electrons. The van der Waals surface area contributed by atoms with Crippen molar-refractivity contribution in [2.24, 2.45) is 0 Å². The molecule has 2 aromatic carbocycles. The predicted octanol–water partition coefficient (Wildman–Crippen LogP) is 2.58. The van der Waals surface area contributed by atoms with Gasteiger partial charge in [0, 0.05) is 6.54 Å². The summed E-state index contributed by atoms with van der Waals surface area (Å²) in [6.45, 7) is 4.32. The molecule has 4 aromatic rings. The van der Waals surface area contributed by atoms with Gasteiger partial charge in [0.2, 0.25) is 5.91 Å². The van der Waals surface area contributed by atoms with Crippen LogP contribution in [0.25, 0.3) is 22.1 Å². The molecular weight excluding hydrogens is 342 g/mol. The summed E-state index contributed by atoms with van der Waals surface area (Å²) in [4.78, 5) is 33.0. The van der Waals surface area contributed by atoms with Crippen molar-refractivity contribution in [3.63, 3.8) is 0 Å². The third-order valence-corrected chi connectivity index (χ3v) is 4.74. The number of rotatable bonds is 5. The molecule has 0 spiro atoms. The van der Waals surface area contributed by atoms with Crippen LogP contribution in [0.1, 0.15) is 25.7 Å². The third kappa shape index (κ3) is 3.01. The lowest BCUT2D eigenvalue weighted by Crippen LogP contribution is -2.34. The molecule has 4 rings (SSSR count). The van der Waals surface area contributed by atoms with Crippen LogP contribution in [-0.2, 0) is 17.9 Å². The summed E-state index contributed by atoms with van der Waals surface area (Å²) in [5.74, 6) is 0.456. The normalized spacial score (nSPS) is 12.5. The van der Waals surface area contributed by atoms with Crippen molar-refractivity contribution < 1.29 is 4.79 Å². The number of imidazole rings is 2. The Bertz CT molecular complexity index is 1150. The van der Waals surface area contributed by atoms with E-state index >= 15 is 0 Å². The molecule has 0 aliphatic rings. The first-order valence-corrected chi connectivity index (χ1v) is 9.00. The number of hydrogen-bond donors (Lipinski definition) is 2. The summed E-state index contributed by atoms with van der Waals surface area (Å²) in [5, 5.41) is 2.92. The summed E-state index contributed by atoms with van der Waals surface area (Å²) in [6, 6.07) is 14.9. The molecule has 0 fully saturated rings. The number of hydrogen-bond acceptors (Lipinski definition) is 3. The Morgan fingerprint density at radius 3 is 2.48 bits per heavy atom. The maximum atomic E-state index is 12.7. The van der Waals surface area contributed by atoms with E-state index in [-0.39, 0.29) is 24.2 Å². The van der Waals surface area contributed by atoms with Gasteiger partial charge in [-0.3, -0.25) is 13.9 Å². The number of benzene rings is 2. The Labute approximate surface area is 155 Å². The molecule has 27 heavy (non-hydrogen) atoms. The molecule has 2 heterocycles. The molecule has 0 aliphatic heterocycles. The number of para-hydroxylation sites is 4. The van der Waals surface area contributed by atoms with Crippen molar-refractivity contribution in [2.75, 3.05) is 0 Å². The van der Waals surface area contributed by atoms with E-state index in [1.807, 2.05) is 62.4 Å². The highest BCUT2D eigenvalue weighted by molar-refractivity contribution is 5.81. The van der Waals surface area contributed by atoms with Gasteiger partial charge in [0.15, 0.2) is 0 Å². The second kappa shape index (κ2) is 6.75. The predicted molar refractivity (Wildman–Crippen MR) is 105 cm³/mol. The number of nitrogens with zero attached hydrogens (tertiary/aromatic N) is 3. The molecule has 2 aromatic heterocycles. The van der Waals surface area contributed by atoms with Crippen molar-refractivity contribution in [3.05, 3.63) is 64.8 Å². The van der Waals surface area contributed by atoms with E-state index < -0.39 is 0 Å². The highest BCUT2D eigenvalue weighted by Crippen LogP contribution is 2.16. The van der Waals surface area contributed by atoms with Gasteiger partial charge in [-0.1, -0.05) is 24.3 Å². The van der Waals surface area contributed by atoms with Crippen LogP contribution in [0.5, 0.6) is 0 Å². The summed E-state index contributed by atoms with van der Waals surface area (Å²) >= 11 is 0. The lowest BCUT2D eigenvalue weighted by atomic mass is 10.3. The number of amides is 1. The summed E-state index contributed by atoms with van der Waals surface area (Å²) in [7, 11) is 0. The molecule has 0 saturated carbocycles. The van der Waals surface area contributed by atoms with E-state index in [9.17, 15) is 9.59 Å². The van der Waals surface area contributed by atoms with Crippen LogP contribution in [0, 0.1) is 0 Å². The number of aryl methyl sites for hydroxylation is 1. The summed E-state index contributed by atoms with van der Waals surface area (Å²) in [5.41, 5.74) is 3.20. The lowest BCUT2D eigenvalue weighted by molar-refractivity contribution is -0.122. The second-order valence-electron chi connectivity index (χ2n) is 6.53. The zero-order chi connectivity index (χ0) is 19.0. The Kier molecular flexibility index (Phi) is 4.27. The van der Waals surface area contributed by atoms with Gasteiger partial charge >= 0.3 is 5.69 Å². The Balaban J connectivity index is 1.57. The van der Waals surface area contributed by atoms with E-state index in [0.717, 1.165) is 22.1 Å². The van der Waals surface area contributed by atoms with Gasteiger partial charge in [-0.2, -0.15) is 0 Å². The number of fused-ring (bicyclic) bond motifs is 2. The molecule has 1 amide bonds. The van der Waals surface area contributed by atoms with Crippen LogP contribution < -0.4 is 11.0 Å². The first-order valence-electron chi connectivity index (χ1n) is 9.00. The van der Waals surface area contributed by atoms with E-state index in [2.05, 4.69) is 15.3 Å². The molecule has 0 bridgehead atoms. The zero-order valence-corrected chi connectivity index (χ0v) is 15.3. The highest BCUT2D eigenvalue weighted by atomic mass is 16.2. The van der Waals surface area contributed by atoms with Crippen molar-refractivity contribution in [3.8, 4) is 0 Å². The monoisotopic (exact) mass is 363 g/mol. The van der Waals surface area contributed by atoms with Gasteiger partial charge in [-0.25, -0.2) is 9.78 Å². The van der Waals surface area contributed by atoms with Crippen molar-refractivity contribution in [1.29, 1.82) is 0 Å².